The molecule has 3 N–H and O–H groups in total. The van der Waals surface area contributed by atoms with Gasteiger partial charge in [0, 0.05) is 18.4 Å². The first-order chi connectivity index (χ1) is 9.34. The van der Waals surface area contributed by atoms with Gasteiger partial charge < -0.3 is 10.3 Å². The number of rotatable bonds is 3. The van der Waals surface area contributed by atoms with Crippen molar-refractivity contribution in [2.24, 2.45) is 0 Å². The highest BCUT2D eigenvalue weighted by atomic mass is 16.2. The predicted octanol–water partition coefficient (Wildman–Crippen LogP) is 0.565. The molecule has 19 heavy (non-hydrogen) atoms. The van der Waals surface area contributed by atoms with E-state index >= 15 is 0 Å². The molecule has 2 aliphatic rings. The summed E-state index contributed by atoms with van der Waals surface area (Å²) in [5.74, 6) is 0.619. The molecule has 0 saturated carbocycles. The molecule has 0 aromatic carbocycles. The monoisotopic (exact) mass is 263 g/mol. The summed E-state index contributed by atoms with van der Waals surface area (Å²) in [5, 5.41) is 6.25. The number of hydrogen-bond donors (Lipinski definition) is 3. The number of H-pyrrole nitrogens is 1. The van der Waals surface area contributed by atoms with Crippen molar-refractivity contribution in [3.05, 3.63) is 12.4 Å². The minimum atomic E-state index is 0.00759. The average Bonchev–Trinajstić information content (AvgIpc) is 3.10. The van der Waals surface area contributed by atoms with Gasteiger partial charge in [0.25, 0.3) is 0 Å². The van der Waals surface area contributed by atoms with Crippen LogP contribution >= 0.6 is 0 Å². The van der Waals surface area contributed by atoms with Crippen molar-refractivity contribution in [3.63, 3.8) is 0 Å². The van der Waals surface area contributed by atoms with Crippen LogP contribution in [0.1, 0.15) is 25.7 Å². The van der Waals surface area contributed by atoms with E-state index in [9.17, 15) is 4.79 Å². The van der Waals surface area contributed by atoms with Gasteiger partial charge in [-0.1, -0.05) is 0 Å². The Morgan fingerprint density at radius 3 is 2.95 bits per heavy atom. The zero-order valence-corrected chi connectivity index (χ0v) is 11.1. The zero-order valence-electron chi connectivity index (χ0n) is 11.1. The third kappa shape index (κ3) is 2.79. The van der Waals surface area contributed by atoms with E-state index in [1.54, 1.807) is 12.4 Å². The SMILES string of the molecule is O=C(Nc1ncc[nH]1)C1CCCN1C1CCNCC1. The second-order valence-corrected chi connectivity index (χ2v) is 5.30. The lowest BCUT2D eigenvalue weighted by molar-refractivity contribution is -0.121. The quantitative estimate of drug-likeness (QED) is 0.745. The summed E-state index contributed by atoms with van der Waals surface area (Å²) in [5.41, 5.74) is 0. The normalized spacial score (nSPS) is 25.6. The van der Waals surface area contributed by atoms with Crippen LogP contribution in [0.4, 0.5) is 5.95 Å². The third-order valence-corrected chi connectivity index (χ3v) is 4.11. The highest BCUT2D eigenvalue weighted by Crippen LogP contribution is 2.25. The van der Waals surface area contributed by atoms with E-state index in [2.05, 4.69) is 25.5 Å². The number of likely N-dealkylation sites (tertiary alicyclic amines) is 1. The van der Waals surface area contributed by atoms with Crippen LogP contribution in [-0.2, 0) is 4.79 Å². The fraction of sp³-hybridized carbons (Fsp3) is 0.692. The molecular weight excluding hydrogens is 242 g/mol. The first-order valence-corrected chi connectivity index (χ1v) is 7.11. The summed E-state index contributed by atoms with van der Waals surface area (Å²) < 4.78 is 0. The molecule has 2 saturated heterocycles. The van der Waals surface area contributed by atoms with Gasteiger partial charge in [-0.3, -0.25) is 15.0 Å². The number of aromatic amines is 1. The molecule has 6 nitrogen and oxygen atoms in total. The number of anilines is 1. The Labute approximate surface area is 113 Å². The lowest BCUT2D eigenvalue weighted by Crippen LogP contribution is -2.49. The Balaban J connectivity index is 1.63. The van der Waals surface area contributed by atoms with Crippen molar-refractivity contribution in [3.8, 4) is 0 Å². The van der Waals surface area contributed by atoms with Gasteiger partial charge in [-0.25, -0.2) is 4.98 Å². The van der Waals surface area contributed by atoms with E-state index in [0.717, 1.165) is 45.3 Å². The van der Waals surface area contributed by atoms with Crippen LogP contribution < -0.4 is 10.6 Å². The summed E-state index contributed by atoms with van der Waals surface area (Å²) in [6.07, 6.45) is 7.72. The number of aromatic nitrogens is 2. The van der Waals surface area contributed by atoms with Crippen molar-refractivity contribution in [2.45, 2.75) is 37.8 Å². The van der Waals surface area contributed by atoms with Crippen LogP contribution in [0.25, 0.3) is 0 Å². The lowest BCUT2D eigenvalue weighted by Gasteiger charge is -2.35. The maximum Gasteiger partial charge on any atom is 0.244 e. The topological polar surface area (TPSA) is 73.0 Å². The Bertz CT molecular complexity index is 413. The van der Waals surface area contributed by atoms with Crippen LogP contribution in [0.3, 0.4) is 0 Å². The van der Waals surface area contributed by atoms with Crippen molar-refractivity contribution < 1.29 is 4.79 Å². The minimum Gasteiger partial charge on any atom is -0.331 e. The van der Waals surface area contributed by atoms with E-state index in [0.29, 0.717) is 12.0 Å². The zero-order chi connectivity index (χ0) is 13.1. The summed E-state index contributed by atoms with van der Waals surface area (Å²) in [7, 11) is 0. The number of nitrogens with zero attached hydrogens (tertiary/aromatic N) is 2. The van der Waals surface area contributed by atoms with Gasteiger partial charge in [-0.2, -0.15) is 0 Å². The van der Waals surface area contributed by atoms with Crippen molar-refractivity contribution in [2.75, 3.05) is 25.0 Å². The molecule has 1 aromatic heterocycles. The standard InChI is InChI=1S/C13H21N5O/c19-12(17-13-15-7-8-16-13)11-2-1-9-18(11)10-3-5-14-6-4-10/h7-8,10-11,14H,1-6,9H2,(H2,15,16,17,19). The van der Waals surface area contributed by atoms with E-state index < -0.39 is 0 Å². The fourth-order valence-corrected chi connectivity index (χ4v) is 3.18. The minimum absolute atomic E-state index is 0.00759. The molecule has 3 heterocycles. The van der Waals surface area contributed by atoms with Crippen LogP contribution in [0, 0.1) is 0 Å². The number of piperidine rings is 1. The molecule has 1 atom stereocenters. The Morgan fingerprint density at radius 1 is 1.37 bits per heavy atom. The number of carbonyl (C=O) groups excluding carboxylic acids is 1. The Kier molecular flexibility index (Phi) is 3.79. The Morgan fingerprint density at radius 2 is 2.21 bits per heavy atom. The molecule has 1 unspecified atom stereocenters. The van der Waals surface area contributed by atoms with Gasteiger partial charge in [0.05, 0.1) is 6.04 Å². The summed E-state index contributed by atoms with van der Waals surface area (Å²) >= 11 is 0. The molecule has 1 amide bonds. The maximum atomic E-state index is 12.3. The predicted molar refractivity (Wildman–Crippen MR) is 72.8 cm³/mol. The van der Waals surface area contributed by atoms with Crippen molar-refractivity contribution in [1.29, 1.82) is 0 Å². The van der Waals surface area contributed by atoms with Gasteiger partial charge in [0.1, 0.15) is 0 Å². The second kappa shape index (κ2) is 5.71. The molecule has 104 valence electrons. The average molecular weight is 263 g/mol. The Hall–Kier alpha value is -1.40. The molecule has 0 radical (unpaired) electrons. The van der Waals surface area contributed by atoms with Gasteiger partial charge >= 0.3 is 0 Å². The number of carbonyl (C=O) groups is 1. The van der Waals surface area contributed by atoms with E-state index in [1.165, 1.54) is 0 Å². The number of hydrogen-bond acceptors (Lipinski definition) is 4. The van der Waals surface area contributed by atoms with E-state index in [1.807, 2.05) is 0 Å². The maximum absolute atomic E-state index is 12.3. The molecular formula is C13H21N5O. The first kappa shape index (κ1) is 12.6. The summed E-state index contributed by atoms with van der Waals surface area (Å²) in [6, 6.07) is 0.560. The van der Waals surface area contributed by atoms with Crippen molar-refractivity contribution in [1.82, 2.24) is 20.2 Å². The molecule has 1 aromatic rings. The number of amides is 1. The fourth-order valence-electron chi connectivity index (χ4n) is 3.18. The smallest absolute Gasteiger partial charge is 0.244 e. The van der Waals surface area contributed by atoms with E-state index in [4.69, 9.17) is 0 Å². The number of nitrogens with one attached hydrogen (secondary N) is 3. The molecule has 0 aliphatic carbocycles. The van der Waals surface area contributed by atoms with Crippen LogP contribution in [-0.4, -0.2) is 52.5 Å². The highest BCUT2D eigenvalue weighted by Gasteiger charge is 2.35. The molecule has 2 fully saturated rings. The van der Waals surface area contributed by atoms with Gasteiger partial charge in [0.2, 0.25) is 11.9 Å². The molecule has 6 heteroatoms. The second-order valence-electron chi connectivity index (χ2n) is 5.30. The third-order valence-electron chi connectivity index (χ3n) is 4.11. The highest BCUT2D eigenvalue weighted by molar-refractivity contribution is 5.93. The van der Waals surface area contributed by atoms with Crippen LogP contribution in [0.5, 0.6) is 0 Å². The summed E-state index contributed by atoms with van der Waals surface area (Å²) in [4.78, 5) is 21.7. The molecule has 3 rings (SSSR count). The number of imidazole rings is 1. The van der Waals surface area contributed by atoms with Gasteiger partial charge in [0.15, 0.2) is 0 Å². The van der Waals surface area contributed by atoms with Crippen molar-refractivity contribution >= 4 is 11.9 Å². The molecule has 2 aliphatic heterocycles. The first-order valence-electron chi connectivity index (χ1n) is 7.11. The molecule has 0 bridgehead atoms. The van der Waals surface area contributed by atoms with Crippen LogP contribution in [0.2, 0.25) is 0 Å². The van der Waals surface area contributed by atoms with Gasteiger partial charge in [-0.15, -0.1) is 0 Å². The largest absolute Gasteiger partial charge is 0.331 e. The van der Waals surface area contributed by atoms with Crippen LogP contribution in [0.15, 0.2) is 12.4 Å². The van der Waals surface area contributed by atoms with E-state index in [-0.39, 0.29) is 11.9 Å². The van der Waals surface area contributed by atoms with Gasteiger partial charge in [-0.05, 0) is 45.3 Å². The molecule has 0 spiro atoms. The lowest BCUT2D eigenvalue weighted by atomic mass is 10.0. The summed E-state index contributed by atoms with van der Waals surface area (Å²) in [6.45, 7) is 3.17.